The van der Waals surface area contributed by atoms with Crippen LogP contribution in [0, 0.1) is 13.8 Å². The van der Waals surface area contributed by atoms with Crippen LogP contribution in [0.4, 0.5) is 13.2 Å². The highest BCUT2D eigenvalue weighted by Gasteiger charge is 2.33. The van der Waals surface area contributed by atoms with E-state index in [4.69, 9.17) is 0 Å². The summed E-state index contributed by atoms with van der Waals surface area (Å²) in [6.45, 7) is 3.59. The standard InChI is InChI=1S/C18H13F3N4O/c1-9-3-4-11(26)7-12(9)16-22-8-14-10(2)23-13-5-6-15(18(19,20)21)24-17(13)25(14)16/h3-8,26H,1-2H3. The smallest absolute Gasteiger partial charge is 0.433 e. The van der Waals surface area contributed by atoms with Crippen molar-refractivity contribution < 1.29 is 18.3 Å². The maximum Gasteiger partial charge on any atom is 0.433 e. The molecule has 0 aliphatic heterocycles. The number of fused-ring (bicyclic) bond motifs is 3. The monoisotopic (exact) mass is 358 g/mol. The van der Waals surface area contributed by atoms with Crippen molar-refractivity contribution in [3.8, 4) is 17.1 Å². The fourth-order valence-electron chi connectivity index (χ4n) is 2.95. The number of alkyl halides is 3. The van der Waals surface area contributed by atoms with E-state index in [0.717, 1.165) is 11.6 Å². The van der Waals surface area contributed by atoms with Gasteiger partial charge in [0.1, 0.15) is 22.8 Å². The molecule has 1 N–H and O–H groups in total. The molecule has 0 radical (unpaired) electrons. The predicted octanol–water partition coefficient (Wildman–Crippen LogP) is 4.29. The molecule has 5 nitrogen and oxygen atoms in total. The van der Waals surface area contributed by atoms with Gasteiger partial charge in [0.05, 0.1) is 17.4 Å². The van der Waals surface area contributed by atoms with Crippen molar-refractivity contribution in [2.24, 2.45) is 0 Å². The number of pyridine rings is 1. The van der Waals surface area contributed by atoms with Gasteiger partial charge in [0.2, 0.25) is 0 Å². The van der Waals surface area contributed by atoms with Crippen LogP contribution in [-0.4, -0.2) is 24.5 Å². The van der Waals surface area contributed by atoms with Gasteiger partial charge in [-0.25, -0.2) is 15.0 Å². The van der Waals surface area contributed by atoms with Gasteiger partial charge < -0.3 is 5.11 Å². The number of hydrogen-bond donors (Lipinski definition) is 1. The zero-order valence-electron chi connectivity index (χ0n) is 13.8. The number of benzene rings is 1. The molecule has 4 rings (SSSR count). The van der Waals surface area contributed by atoms with E-state index >= 15 is 0 Å². The second-order valence-electron chi connectivity index (χ2n) is 6.04. The number of aryl methyl sites for hydroxylation is 2. The molecule has 3 heterocycles. The maximum atomic E-state index is 13.1. The Hall–Kier alpha value is -3.16. The summed E-state index contributed by atoms with van der Waals surface area (Å²) in [5.41, 5.74) is 2.01. The van der Waals surface area contributed by atoms with Crippen LogP contribution in [-0.2, 0) is 6.18 Å². The van der Waals surface area contributed by atoms with Crippen LogP contribution < -0.4 is 0 Å². The van der Waals surface area contributed by atoms with Gasteiger partial charge in [-0.05, 0) is 43.7 Å². The molecule has 0 aliphatic carbocycles. The molecule has 0 amide bonds. The number of hydrogen-bond acceptors (Lipinski definition) is 4. The predicted molar refractivity (Wildman–Crippen MR) is 89.9 cm³/mol. The minimum absolute atomic E-state index is 0.0429. The molecular weight excluding hydrogens is 345 g/mol. The summed E-state index contributed by atoms with van der Waals surface area (Å²) in [4.78, 5) is 12.5. The Morgan fingerprint density at radius 2 is 1.81 bits per heavy atom. The molecule has 0 atom stereocenters. The van der Waals surface area contributed by atoms with Crippen LogP contribution in [0.1, 0.15) is 17.0 Å². The van der Waals surface area contributed by atoms with Gasteiger partial charge in [0, 0.05) is 5.56 Å². The molecular formula is C18H13F3N4O. The van der Waals surface area contributed by atoms with Gasteiger partial charge >= 0.3 is 6.18 Å². The summed E-state index contributed by atoms with van der Waals surface area (Å²) in [6, 6.07) is 7.00. The highest BCUT2D eigenvalue weighted by Crippen LogP contribution is 2.32. The third-order valence-corrected chi connectivity index (χ3v) is 4.24. The first-order valence-corrected chi connectivity index (χ1v) is 7.77. The van der Waals surface area contributed by atoms with Gasteiger partial charge in [-0.2, -0.15) is 13.2 Å². The molecule has 0 bridgehead atoms. The fourth-order valence-corrected chi connectivity index (χ4v) is 2.95. The average Bonchev–Trinajstić information content (AvgIpc) is 3.02. The number of phenolic OH excluding ortho intramolecular Hbond substituents is 1. The number of aromatic hydroxyl groups is 1. The van der Waals surface area contributed by atoms with E-state index in [-0.39, 0.29) is 11.4 Å². The molecule has 8 heteroatoms. The molecule has 26 heavy (non-hydrogen) atoms. The van der Waals surface area contributed by atoms with Gasteiger partial charge in [-0.1, -0.05) is 6.07 Å². The van der Waals surface area contributed by atoms with Crippen LogP contribution in [0.2, 0.25) is 0 Å². The summed E-state index contributed by atoms with van der Waals surface area (Å²) in [7, 11) is 0. The lowest BCUT2D eigenvalue weighted by molar-refractivity contribution is -0.141. The lowest BCUT2D eigenvalue weighted by Gasteiger charge is -2.11. The Morgan fingerprint density at radius 1 is 1.04 bits per heavy atom. The van der Waals surface area contributed by atoms with Gasteiger partial charge in [0.15, 0.2) is 5.65 Å². The summed E-state index contributed by atoms with van der Waals surface area (Å²) >= 11 is 0. The SMILES string of the molecule is Cc1ccc(O)cc1-c1ncc2c(C)nc3ccc(C(F)(F)F)nc3n12. The van der Waals surface area contributed by atoms with Crippen molar-refractivity contribution in [3.63, 3.8) is 0 Å². The van der Waals surface area contributed by atoms with E-state index < -0.39 is 11.9 Å². The molecule has 0 unspecified atom stereocenters. The van der Waals surface area contributed by atoms with Crippen LogP contribution >= 0.6 is 0 Å². The quantitative estimate of drug-likeness (QED) is 0.551. The van der Waals surface area contributed by atoms with E-state index in [1.807, 2.05) is 6.92 Å². The van der Waals surface area contributed by atoms with Crippen molar-refractivity contribution in [2.75, 3.05) is 0 Å². The van der Waals surface area contributed by atoms with Crippen molar-refractivity contribution in [1.29, 1.82) is 0 Å². The van der Waals surface area contributed by atoms with Crippen molar-refractivity contribution in [1.82, 2.24) is 19.4 Å². The zero-order valence-corrected chi connectivity index (χ0v) is 13.8. The molecule has 4 aromatic rings. The molecule has 0 saturated heterocycles. The lowest BCUT2D eigenvalue weighted by atomic mass is 10.1. The van der Waals surface area contributed by atoms with E-state index in [9.17, 15) is 18.3 Å². The first-order valence-electron chi connectivity index (χ1n) is 7.77. The molecule has 0 spiro atoms. The zero-order chi connectivity index (χ0) is 18.6. The summed E-state index contributed by atoms with van der Waals surface area (Å²) in [5, 5.41) is 9.81. The van der Waals surface area contributed by atoms with Crippen LogP contribution in [0.15, 0.2) is 36.5 Å². The number of halogens is 3. The molecule has 1 aromatic carbocycles. The van der Waals surface area contributed by atoms with E-state index in [2.05, 4.69) is 15.0 Å². The molecule has 132 valence electrons. The van der Waals surface area contributed by atoms with Gasteiger partial charge in [-0.15, -0.1) is 0 Å². The highest BCUT2D eigenvalue weighted by atomic mass is 19.4. The number of aromatic nitrogens is 4. The van der Waals surface area contributed by atoms with Crippen molar-refractivity contribution in [2.45, 2.75) is 20.0 Å². The number of imidazole rings is 1. The first-order chi connectivity index (χ1) is 12.3. The fraction of sp³-hybridized carbons (Fsp3) is 0.167. The minimum atomic E-state index is -4.56. The Kier molecular flexibility index (Phi) is 3.40. The third-order valence-electron chi connectivity index (χ3n) is 4.24. The first kappa shape index (κ1) is 16.3. The van der Waals surface area contributed by atoms with Crippen molar-refractivity contribution >= 4 is 16.7 Å². The van der Waals surface area contributed by atoms with Gasteiger partial charge in [-0.3, -0.25) is 4.40 Å². The number of phenols is 1. The molecule has 3 aromatic heterocycles. The van der Waals surface area contributed by atoms with Crippen LogP contribution in [0.3, 0.4) is 0 Å². The van der Waals surface area contributed by atoms with Crippen LogP contribution in [0.25, 0.3) is 28.1 Å². The van der Waals surface area contributed by atoms with Crippen LogP contribution in [0.5, 0.6) is 5.75 Å². The maximum absolute atomic E-state index is 13.1. The highest BCUT2D eigenvalue weighted by molar-refractivity contribution is 5.80. The molecule has 0 saturated carbocycles. The molecule has 0 aliphatic rings. The number of rotatable bonds is 1. The Bertz CT molecular complexity index is 1160. The number of nitrogens with zero attached hydrogens (tertiary/aromatic N) is 4. The topological polar surface area (TPSA) is 63.3 Å². The normalized spacial score (nSPS) is 12.2. The van der Waals surface area contributed by atoms with E-state index in [1.54, 1.807) is 29.7 Å². The van der Waals surface area contributed by atoms with E-state index in [1.165, 1.54) is 12.1 Å². The minimum Gasteiger partial charge on any atom is -0.508 e. The second-order valence-corrected chi connectivity index (χ2v) is 6.04. The van der Waals surface area contributed by atoms with Gasteiger partial charge in [0.25, 0.3) is 0 Å². The summed E-state index contributed by atoms with van der Waals surface area (Å²) < 4.78 is 40.9. The largest absolute Gasteiger partial charge is 0.508 e. The van der Waals surface area contributed by atoms with Crippen molar-refractivity contribution in [3.05, 3.63) is 53.5 Å². The summed E-state index contributed by atoms with van der Waals surface area (Å²) in [5.74, 6) is 0.442. The third kappa shape index (κ3) is 2.45. The van der Waals surface area contributed by atoms with E-state index in [0.29, 0.717) is 28.1 Å². The Labute approximate surface area is 145 Å². The molecule has 0 fully saturated rings. The Morgan fingerprint density at radius 3 is 2.54 bits per heavy atom. The second kappa shape index (κ2) is 5.42. The average molecular weight is 358 g/mol. The summed E-state index contributed by atoms with van der Waals surface area (Å²) in [6.07, 6.45) is -3.02. The lowest BCUT2D eigenvalue weighted by Crippen LogP contribution is -2.10. The Balaban J connectivity index is 2.14.